The minimum Gasteiger partial charge on any atom is -0.457 e. The fourth-order valence-corrected chi connectivity index (χ4v) is 2.72. The van der Waals surface area contributed by atoms with Crippen LogP contribution in [-0.2, 0) is 6.54 Å². The summed E-state index contributed by atoms with van der Waals surface area (Å²) in [6, 6.07) is 13.2. The zero-order valence-electron chi connectivity index (χ0n) is 12.4. The van der Waals surface area contributed by atoms with Crippen LogP contribution in [0.15, 0.2) is 40.9 Å². The molecule has 3 rings (SSSR count). The van der Waals surface area contributed by atoms with Gasteiger partial charge in [0.1, 0.15) is 11.5 Å². The average molecular weight is 346 g/mol. The zero-order chi connectivity index (χ0) is 14.8. The molecule has 0 spiro atoms. The molecule has 0 unspecified atom stereocenters. The summed E-state index contributed by atoms with van der Waals surface area (Å²) in [7, 11) is 0. The normalized spacial score (nSPS) is 14.2. The molecular formula is C18H20BrNO. The molecule has 1 aliphatic rings. The molecule has 0 aliphatic heterocycles. The number of halogens is 1. The van der Waals surface area contributed by atoms with Gasteiger partial charge in [0, 0.05) is 17.1 Å². The average Bonchev–Trinajstić information content (AvgIpc) is 3.26. The molecule has 1 N–H and O–H groups in total. The number of hydrogen-bond donors (Lipinski definition) is 1. The highest BCUT2D eigenvalue weighted by atomic mass is 79.9. The smallest absolute Gasteiger partial charge is 0.130 e. The standard InChI is InChI=1S/C18H20BrNO/c1-12-3-4-13(2)18(9-12)21-16-8-5-14(17(19)10-16)11-20-15-6-7-15/h3-5,8-10,15,20H,6-7,11H2,1-2H3. The van der Waals surface area contributed by atoms with Crippen molar-refractivity contribution in [3.63, 3.8) is 0 Å². The minimum atomic E-state index is 0.725. The Morgan fingerprint density at radius 1 is 1.14 bits per heavy atom. The van der Waals surface area contributed by atoms with E-state index in [1.165, 1.54) is 24.0 Å². The van der Waals surface area contributed by atoms with Gasteiger partial charge in [-0.15, -0.1) is 0 Å². The fraction of sp³-hybridized carbons (Fsp3) is 0.333. The topological polar surface area (TPSA) is 21.3 Å². The van der Waals surface area contributed by atoms with Crippen molar-refractivity contribution in [2.45, 2.75) is 39.3 Å². The summed E-state index contributed by atoms with van der Waals surface area (Å²) in [5, 5.41) is 3.53. The van der Waals surface area contributed by atoms with E-state index in [0.717, 1.165) is 34.1 Å². The van der Waals surface area contributed by atoms with E-state index in [4.69, 9.17) is 4.74 Å². The monoisotopic (exact) mass is 345 g/mol. The van der Waals surface area contributed by atoms with Gasteiger partial charge in [0.05, 0.1) is 0 Å². The van der Waals surface area contributed by atoms with E-state index in [1.54, 1.807) is 0 Å². The van der Waals surface area contributed by atoms with Crippen molar-refractivity contribution in [2.24, 2.45) is 0 Å². The Kier molecular flexibility index (Phi) is 4.32. The van der Waals surface area contributed by atoms with E-state index in [9.17, 15) is 0 Å². The molecule has 3 heteroatoms. The van der Waals surface area contributed by atoms with Gasteiger partial charge < -0.3 is 10.1 Å². The third-order valence-corrected chi connectivity index (χ3v) is 4.49. The molecule has 1 fully saturated rings. The Morgan fingerprint density at radius 2 is 1.95 bits per heavy atom. The number of rotatable bonds is 5. The Hall–Kier alpha value is -1.32. The second kappa shape index (κ2) is 6.20. The first kappa shape index (κ1) is 14.6. The molecule has 110 valence electrons. The first-order chi connectivity index (χ1) is 10.1. The van der Waals surface area contributed by atoms with Gasteiger partial charge in [-0.3, -0.25) is 0 Å². The molecule has 1 aliphatic carbocycles. The van der Waals surface area contributed by atoms with Gasteiger partial charge in [-0.05, 0) is 61.6 Å². The maximum absolute atomic E-state index is 6.01. The summed E-state index contributed by atoms with van der Waals surface area (Å²) in [5.74, 6) is 1.79. The molecule has 2 aromatic carbocycles. The molecule has 21 heavy (non-hydrogen) atoms. The van der Waals surface area contributed by atoms with Gasteiger partial charge in [-0.1, -0.05) is 34.1 Å². The number of nitrogens with one attached hydrogen (secondary N) is 1. The predicted octanol–water partition coefficient (Wildman–Crippen LogP) is 5.11. The summed E-state index contributed by atoms with van der Waals surface area (Å²) in [6.45, 7) is 5.06. The largest absolute Gasteiger partial charge is 0.457 e. The van der Waals surface area contributed by atoms with Gasteiger partial charge in [-0.2, -0.15) is 0 Å². The van der Waals surface area contributed by atoms with Crippen LogP contribution in [0.2, 0.25) is 0 Å². The van der Waals surface area contributed by atoms with Crippen LogP contribution in [0.5, 0.6) is 11.5 Å². The van der Waals surface area contributed by atoms with E-state index in [0.29, 0.717) is 0 Å². The second-order valence-electron chi connectivity index (χ2n) is 5.78. The minimum absolute atomic E-state index is 0.725. The van der Waals surface area contributed by atoms with Crippen LogP contribution in [0, 0.1) is 13.8 Å². The SMILES string of the molecule is Cc1ccc(C)c(Oc2ccc(CNC3CC3)c(Br)c2)c1. The summed E-state index contributed by atoms with van der Waals surface area (Å²) >= 11 is 3.64. The molecule has 1 saturated carbocycles. The molecule has 0 atom stereocenters. The predicted molar refractivity (Wildman–Crippen MR) is 90.0 cm³/mol. The highest BCUT2D eigenvalue weighted by Gasteiger charge is 2.20. The van der Waals surface area contributed by atoms with Gasteiger partial charge in [-0.25, -0.2) is 0 Å². The highest BCUT2D eigenvalue weighted by Crippen LogP contribution is 2.30. The van der Waals surface area contributed by atoms with Crippen LogP contribution >= 0.6 is 15.9 Å². The first-order valence-corrected chi connectivity index (χ1v) is 8.18. The van der Waals surface area contributed by atoms with E-state index >= 15 is 0 Å². The van der Waals surface area contributed by atoms with Crippen molar-refractivity contribution in [2.75, 3.05) is 0 Å². The van der Waals surface area contributed by atoms with E-state index in [2.05, 4.69) is 59.4 Å². The third kappa shape index (κ3) is 3.86. The van der Waals surface area contributed by atoms with Crippen LogP contribution in [0.1, 0.15) is 29.5 Å². The molecule has 0 heterocycles. The highest BCUT2D eigenvalue weighted by molar-refractivity contribution is 9.10. The van der Waals surface area contributed by atoms with E-state index < -0.39 is 0 Å². The number of ether oxygens (including phenoxy) is 1. The van der Waals surface area contributed by atoms with Crippen molar-refractivity contribution >= 4 is 15.9 Å². The molecule has 0 bridgehead atoms. The first-order valence-electron chi connectivity index (χ1n) is 7.39. The van der Waals surface area contributed by atoms with E-state index in [1.807, 2.05) is 12.1 Å². The Balaban J connectivity index is 1.73. The van der Waals surface area contributed by atoms with Crippen molar-refractivity contribution in [1.29, 1.82) is 0 Å². The maximum atomic E-state index is 6.01. The molecule has 2 aromatic rings. The van der Waals surface area contributed by atoms with Gasteiger partial charge in [0.15, 0.2) is 0 Å². The summed E-state index contributed by atoms with van der Waals surface area (Å²) < 4.78 is 7.11. The molecule has 0 aromatic heterocycles. The van der Waals surface area contributed by atoms with Crippen LogP contribution in [0.4, 0.5) is 0 Å². The Bertz CT molecular complexity index is 650. The van der Waals surface area contributed by atoms with Crippen molar-refractivity contribution in [3.8, 4) is 11.5 Å². The summed E-state index contributed by atoms with van der Waals surface area (Å²) in [4.78, 5) is 0. The lowest BCUT2D eigenvalue weighted by Gasteiger charge is -2.12. The Labute approximate surface area is 134 Å². The Morgan fingerprint density at radius 3 is 2.67 bits per heavy atom. The van der Waals surface area contributed by atoms with Gasteiger partial charge in [0.2, 0.25) is 0 Å². The van der Waals surface area contributed by atoms with Crippen LogP contribution < -0.4 is 10.1 Å². The lowest BCUT2D eigenvalue weighted by atomic mass is 10.1. The molecular weight excluding hydrogens is 326 g/mol. The number of hydrogen-bond acceptors (Lipinski definition) is 2. The van der Waals surface area contributed by atoms with Crippen molar-refractivity contribution in [1.82, 2.24) is 5.32 Å². The molecule has 2 nitrogen and oxygen atoms in total. The fourth-order valence-electron chi connectivity index (χ4n) is 2.22. The van der Waals surface area contributed by atoms with E-state index in [-0.39, 0.29) is 0 Å². The lowest BCUT2D eigenvalue weighted by molar-refractivity contribution is 0.477. The van der Waals surface area contributed by atoms with Gasteiger partial charge in [0.25, 0.3) is 0 Å². The van der Waals surface area contributed by atoms with Gasteiger partial charge >= 0.3 is 0 Å². The molecule has 0 radical (unpaired) electrons. The zero-order valence-corrected chi connectivity index (χ0v) is 14.0. The molecule has 0 amide bonds. The summed E-state index contributed by atoms with van der Waals surface area (Å²) in [6.07, 6.45) is 2.62. The van der Waals surface area contributed by atoms with Crippen LogP contribution in [0.3, 0.4) is 0 Å². The van der Waals surface area contributed by atoms with Crippen LogP contribution in [0.25, 0.3) is 0 Å². The quantitative estimate of drug-likeness (QED) is 0.812. The van der Waals surface area contributed by atoms with Crippen molar-refractivity contribution in [3.05, 3.63) is 57.6 Å². The number of aryl methyl sites for hydroxylation is 2. The number of benzene rings is 2. The maximum Gasteiger partial charge on any atom is 0.130 e. The summed E-state index contributed by atoms with van der Waals surface area (Å²) in [5.41, 5.74) is 3.63. The second-order valence-corrected chi connectivity index (χ2v) is 6.63. The van der Waals surface area contributed by atoms with Crippen LogP contribution in [-0.4, -0.2) is 6.04 Å². The van der Waals surface area contributed by atoms with Crippen molar-refractivity contribution < 1.29 is 4.74 Å². The third-order valence-electron chi connectivity index (χ3n) is 3.75. The molecule has 0 saturated heterocycles. The lowest BCUT2D eigenvalue weighted by Crippen LogP contribution is -2.15.